The molecule has 0 fully saturated rings. The zero-order valence-corrected chi connectivity index (χ0v) is 7.95. The third-order valence-corrected chi connectivity index (χ3v) is 1.75. The number of rotatable bonds is 8. The average Bonchev–Trinajstić information content (AvgIpc) is 2.10. The lowest BCUT2D eigenvalue weighted by atomic mass is 10.1. The molecule has 13 heavy (non-hydrogen) atoms. The summed E-state index contributed by atoms with van der Waals surface area (Å²) in [6, 6.07) is -0.500. The first-order valence-electron chi connectivity index (χ1n) is 4.62. The summed E-state index contributed by atoms with van der Waals surface area (Å²) < 4.78 is 0. The van der Waals surface area contributed by atoms with E-state index in [9.17, 15) is 9.59 Å². The Morgan fingerprint density at radius 3 is 2.77 bits per heavy atom. The van der Waals surface area contributed by atoms with Crippen molar-refractivity contribution in [3.8, 4) is 0 Å². The minimum Gasteiger partial charge on any atom is -0.480 e. The summed E-state index contributed by atoms with van der Waals surface area (Å²) in [4.78, 5) is 20.7. The number of aliphatic carboxylic acids is 1. The van der Waals surface area contributed by atoms with Crippen LogP contribution in [0.2, 0.25) is 0 Å². The first kappa shape index (κ1) is 12.1. The Hall–Kier alpha value is -0.900. The number of carboxylic acid groups (broad SMARTS) is 1. The standard InChI is InChI=1S/C9H17NO3/c1-2-6-10-8(9(12)13)5-3-4-7-11/h7-8,10H,2-6H2,1H3,(H,12,13)/t8-/m0/s1. The van der Waals surface area contributed by atoms with Crippen LogP contribution in [0.4, 0.5) is 0 Å². The molecule has 0 saturated carbocycles. The van der Waals surface area contributed by atoms with Crippen LogP contribution in [0, 0.1) is 0 Å². The van der Waals surface area contributed by atoms with Crippen molar-refractivity contribution < 1.29 is 14.7 Å². The lowest BCUT2D eigenvalue weighted by Gasteiger charge is -2.12. The smallest absolute Gasteiger partial charge is 0.320 e. The molecule has 0 radical (unpaired) electrons. The Labute approximate surface area is 78.3 Å². The van der Waals surface area contributed by atoms with Crippen molar-refractivity contribution in [2.45, 2.75) is 38.6 Å². The van der Waals surface area contributed by atoms with Gasteiger partial charge in [-0.2, -0.15) is 0 Å². The van der Waals surface area contributed by atoms with E-state index in [0.29, 0.717) is 25.8 Å². The monoisotopic (exact) mass is 187 g/mol. The highest BCUT2D eigenvalue weighted by Gasteiger charge is 2.14. The summed E-state index contributed by atoms with van der Waals surface area (Å²) >= 11 is 0. The number of nitrogens with one attached hydrogen (secondary N) is 1. The minimum absolute atomic E-state index is 0.442. The maximum Gasteiger partial charge on any atom is 0.320 e. The molecule has 2 N–H and O–H groups in total. The molecule has 4 nitrogen and oxygen atoms in total. The third kappa shape index (κ3) is 6.28. The zero-order valence-electron chi connectivity index (χ0n) is 7.95. The zero-order chi connectivity index (χ0) is 10.1. The second-order valence-corrected chi connectivity index (χ2v) is 2.94. The SMILES string of the molecule is CCCN[C@@H](CCCC=O)C(=O)O. The quantitative estimate of drug-likeness (QED) is 0.436. The van der Waals surface area contributed by atoms with E-state index in [0.717, 1.165) is 12.7 Å². The van der Waals surface area contributed by atoms with Gasteiger partial charge in [-0.25, -0.2) is 0 Å². The van der Waals surface area contributed by atoms with Gasteiger partial charge in [-0.3, -0.25) is 4.79 Å². The molecule has 0 bridgehead atoms. The predicted octanol–water partition coefficient (Wildman–Crippen LogP) is 0.808. The summed E-state index contributed by atoms with van der Waals surface area (Å²) in [5, 5.41) is 11.7. The summed E-state index contributed by atoms with van der Waals surface area (Å²) in [6.45, 7) is 2.69. The maximum atomic E-state index is 10.6. The van der Waals surface area contributed by atoms with Crippen LogP contribution in [0.3, 0.4) is 0 Å². The van der Waals surface area contributed by atoms with Crippen LogP contribution in [0.15, 0.2) is 0 Å². The number of carbonyl (C=O) groups is 2. The van der Waals surface area contributed by atoms with E-state index >= 15 is 0 Å². The van der Waals surface area contributed by atoms with Crippen LogP contribution < -0.4 is 5.32 Å². The second-order valence-electron chi connectivity index (χ2n) is 2.94. The van der Waals surface area contributed by atoms with Crippen LogP contribution in [0.5, 0.6) is 0 Å². The Kier molecular flexibility index (Phi) is 7.20. The fourth-order valence-corrected chi connectivity index (χ4v) is 1.04. The van der Waals surface area contributed by atoms with Crippen molar-refractivity contribution in [1.29, 1.82) is 0 Å². The van der Waals surface area contributed by atoms with Crippen molar-refractivity contribution >= 4 is 12.3 Å². The molecule has 0 rings (SSSR count). The molecular weight excluding hydrogens is 170 g/mol. The van der Waals surface area contributed by atoms with E-state index in [4.69, 9.17) is 5.11 Å². The molecule has 0 aliphatic carbocycles. The largest absolute Gasteiger partial charge is 0.480 e. The summed E-state index contributed by atoms with van der Waals surface area (Å²) in [6.07, 6.45) is 3.33. The highest BCUT2D eigenvalue weighted by molar-refractivity contribution is 5.73. The molecule has 0 aromatic carbocycles. The summed E-state index contributed by atoms with van der Waals surface area (Å²) in [5.41, 5.74) is 0. The molecule has 76 valence electrons. The molecule has 0 unspecified atom stereocenters. The predicted molar refractivity (Wildman–Crippen MR) is 49.6 cm³/mol. The van der Waals surface area contributed by atoms with Gasteiger partial charge < -0.3 is 15.2 Å². The van der Waals surface area contributed by atoms with Crippen LogP contribution in [0.1, 0.15) is 32.6 Å². The van der Waals surface area contributed by atoms with E-state index in [2.05, 4.69) is 5.32 Å². The van der Waals surface area contributed by atoms with Gasteiger partial charge in [0.1, 0.15) is 12.3 Å². The van der Waals surface area contributed by atoms with Crippen molar-refractivity contribution in [3.05, 3.63) is 0 Å². The first-order chi connectivity index (χ1) is 6.22. The molecule has 0 amide bonds. The van der Waals surface area contributed by atoms with Crippen molar-refractivity contribution in [1.82, 2.24) is 5.32 Å². The van der Waals surface area contributed by atoms with Crippen molar-refractivity contribution in [2.75, 3.05) is 6.54 Å². The van der Waals surface area contributed by atoms with E-state index in [-0.39, 0.29) is 0 Å². The van der Waals surface area contributed by atoms with Crippen LogP contribution >= 0.6 is 0 Å². The lowest BCUT2D eigenvalue weighted by molar-refractivity contribution is -0.139. The number of unbranched alkanes of at least 4 members (excludes halogenated alkanes) is 1. The first-order valence-corrected chi connectivity index (χ1v) is 4.62. The van der Waals surface area contributed by atoms with Crippen LogP contribution in [-0.2, 0) is 9.59 Å². The van der Waals surface area contributed by atoms with Crippen molar-refractivity contribution in [3.63, 3.8) is 0 Å². The van der Waals surface area contributed by atoms with Gasteiger partial charge >= 0.3 is 5.97 Å². The third-order valence-electron chi connectivity index (χ3n) is 1.75. The molecule has 0 aliphatic heterocycles. The molecule has 0 aromatic rings. The molecule has 4 heteroatoms. The van der Waals surface area contributed by atoms with Gasteiger partial charge in [0.05, 0.1) is 0 Å². The molecule has 0 saturated heterocycles. The molecular formula is C9H17NO3. The average molecular weight is 187 g/mol. The second kappa shape index (κ2) is 7.73. The number of hydrogen-bond acceptors (Lipinski definition) is 3. The van der Waals surface area contributed by atoms with Crippen LogP contribution in [0.25, 0.3) is 0 Å². The molecule has 0 aromatic heterocycles. The highest BCUT2D eigenvalue weighted by atomic mass is 16.4. The van der Waals surface area contributed by atoms with Gasteiger partial charge in [0.15, 0.2) is 0 Å². The lowest BCUT2D eigenvalue weighted by Crippen LogP contribution is -2.37. The Morgan fingerprint density at radius 1 is 1.62 bits per heavy atom. The summed E-state index contributed by atoms with van der Waals surface area (Å²) in [5.74, 6) is -0.834. The van der Waals surface area contributed by atoms with E-state index in [1.54, 1.807) is 0 Å². The van der Waals surface area contributed by atoms with Gasteiger partial charge in [0.2, 0.25) is 0 Å². The number of carbonyl (C=O) groups excluding carboxylic acids is 1. The van der Waals surface area contributed by atoms with Gasteiger partial charge in [-0.15, -0.1) is 0 Å². The number of aldehydes is 1. The molecule has 0 heterocycles. The Bertz CT molecular complexity index is 159. The van der Waals surface area contributed by atoms with E-state index in [1.165, 1.54) is 0 Å². The Balaban J connectivity index is 3.66. The van der Waals surface area contributed by atoms with Crippen LogP contribution in [-0.4, -0.2) is 29.9 Å². The van der Waals surface area contributed by atoms with Crippen molar-refractivity contribution in [2.24, 2.45) is 0 Å². The van der Waals surface area contributed by atoms with E-state index < -0.39 is 12.0 Å². The Morgan fingerprint density at radius 2 is 2.31 bits per heavy atom. The van der Waals surface area contributed by atoms with Gasteiger partial charge in [-0.05, 0) is 25.8 Å². The van der Waals surface area contributed by atoms with E-state index in [1.807, 2.05) is 6.92 Å². The topological polar surface area (TPSA) is 66.4 Å². The fourth-order valence-electron chi connectivity index (χ4n) is 1.04. The highest BCUT2D eigenvalue weighted by Crippen LogP contribution is 1.99. The molecule has 1 atom stereocenters. The molecule has 0 spiro atoms. The normalized spacial score (nSPS) is 12.4. The minimum atomic E-state index is -0.834. The summed E-state index contributed by atoms with van der Waals surface area (Å²) in [7, 11) is 0. The van der Waals surface area contributed by atoms with Gasteiger partial charge in [0.25, 0.3) is 0 Å². The maximum absolute atomic E-state index is 10.6. The fraction of sp³-hybridized carbons (Fsp3) is 0.778. The van der Waals surface area contributed by atoms with Gasteiger partial charge in [0, 0.05) is 6.42 Å². The number of hydrogen-bond donors (Lipinski definition) is 2. The number of carboxylic acids is 1. The van der Waals surface area contributed by atoms with Gasteiger partial charge in [-0.1, -0.05) is 6.92 Å². The molecule has 0 aliphatic rings.